The Morgan fingerprint density at radius 2 is 2.00 bits per heavy atom. The molecule has 1 aromatic rings. The van der Waals surface area contributed by atoms with Gasteiger partial charge in [-0.15, -0.1) is 6.42 Å². The molecule has 0 unspecified atom stereocenters. The molecular weight excluding hydrogens is 568 g/mol. The summed E-state index contributed by atoms with van der Waals surface area (Å²) < 4.78 is 12.3. The van der Waals surface area contributed by atoms with Crippen molar-refractivity contribution in [2.24, 2.45) is 0 Å². The lowest BCUT2D eigenvalue weighted by Gasteiger charge is -2.11. The van der Waals surface area contributed by atoms with Crippen LogP contribution in [0.25, 0.3) is 6.08 Å². The molecule has 0 bridgehead atoms. The number of methoxy groups -OCH3 is 1. The maximum Gasteiger partial charge on any atom is 0.293 e. The van der Waals surface area contributed by atoms with E-state index in [4.69, 9.17) is 15.9 Å². The zero-order chi connectivity index (χ0) is 18.4. The fourth-order valence-electron chi connectivity index (χ4n) is 2.13. The lowest BCUT2D eigenvalue weighted by atomic mass is 10.2. The van der Waals surface area contributed by atoms with Crippen LogP contribution in [-0.2, 0) is 9.53 Å². The molecule has 1 heterocycles. The summed E-state index contributed by atoms with van der Waals surface area (Å²) in [4.78, 5) is 26.1. The van der Waals surface area contributed by atoms with Gasteiger partial charge in [0.05, 0.1) is 12.0 Å². The summed E-state index contributed by atoms with van der Waals surface area (Å²) in [6.45, 7) is 1.08. The number of thioether (sulfide) groups is 1. The summed E-state index contributed by atoms with van der Waals surface area (Å²) in [7, 11) is 1.59. The highest BCUT2D eigenvalue weighted by atomic mass is 127. The van der Waals surface area contributed by atoms with Crippen LogP contribution in [0.5, 0.6) is 5.75 Å². The fourth-order valence-corrected chi connectivity index (χ4v) is 5.12. The lowest BCUT2D eigenvalue weighted by molar-refractivity contribution is -0.122. The molecule has 0 atom stereocenters. The van der Waals surface area contributed by atoms with Crippen LogP contribution in [0.4, 0.5) is 4.79 Å². The summed E-state index contributed by atoms with van der Waals surface area (Å²) in [6.07, 6.45) is 7.58. The van der Waals surface area contributed by atoms with Crippen LogP contribution in [0.3, 0.4) is 0 Å². The van der Waals surface area contributed by atoms with Gasteiger partial charge in [-0.25, -0.2) is 0 Å². The number of halogens is 2. The molecule has 1 aliphatic rings. The van der Waals surface area contributed by atoms with Crippen molar-refractivity contribution >= 4 is 74.2 Å². The quantitative estimate of drug-likeness (QED) is 0.211. The van der Waals surface area contributed by atoms with Gasteiger partial charge in [-0.05, 0) is 87.1 Å². The molecule has 8 heteroatoms. The summed E-state index contributed by atoms with van der Waals surface area (Å²) in [5.74, 6) is 2.91. The van der Waals surface area contributed by atoms with E-state index in [1.54, 1.807) is 13.2 Å². The van der Waals surface area contributed by atoms with Crippen LogP contribution in [-0.4, -0.2) is 42.9 Å². The van der Waals surface area contributed by atoms with Crippen molar-refractivity contribution < 1.29 is 19.1 Å². The van der Waals surface area contributed by atoms with Crippen molar-refractivity contribution in [3.63, 3.8) is 0 Å². The van der Waals surface area contributed by atoms with Gasteiger partial charge >= 0.3 is 0 Å². The maximum atomic E-state index is 12.4. The number of ether oxygens (including phenoxy) is 2. The Labute approximate surface area is 178 Å². The molecule has 0 spiro atoms. The minimum atomic E-state index is -0.260. The average Bonchev–Trinajstić information content (AvgIpc) is 2.82. The third-order valence-electron chi connectivity index (χ3n) is 3.22. The van der Waals surface area contributed by atoms with Gasteiger partial charge in [0.15, 0.2) is 0 Å². The first kappa shape index (κ1) is 20.5. The molecule has 0 radical (unpaired) electrons. The van der Waals surface area contributed by atoms with Crippen LogP contribution in [0.2, 0.25) is 0 Å². The van der Waals surface area contributed by atoms with Crippen LogP contribution in [0.1, 0.15) is 12.0 Å². The fraction of sp³-hybridized carbons (Fsp3) is 0.294. The normalized spacial score (nSPS) is 15.8. The second kappa shape index (κ2) is 9.80. The highest BCUT2D eigenvalue weighted by Gasteiger charge is 2.34. The van der Waals surface area contributed by atoms with E-state index in [1.165, 1.54) is 4.90 Å². The summed E-state index contributed by atoms with van der Waals surface area (Å²) >= 11 is 5.29. The first-order valence-corrected chi connectivity index (χ1v) is 10.2. The molecule has 1 aromatic carbocycles. The van der Waals surface area contributed by atoms with E-state index >= 15 is 0 Å². The minimum absolute atomic E-state index is 0.200. The highest BCUT2D eigenvalue weighted by molar-refractivity contribution is 14.1. The van der Waals surface area contributed by atoms with Crippen molar-refractivity contribution in [2.45, 2.75) is 6.42 Å². The van der Waals surface area contributed by atoms with E-state index < -0.39 is 0 Å². The second-order valence-corrected chi connectivity index (χ2v) is 8.30. The largest absolute Gasteiger partial charge is 0.479 e. The Morgan fingerprint density at radius 1 is 1.32 bits per heavy atom. The predicted molar refractivity (Wildman–Crippen MR) is 115 cm³/mol. The number of terminal acetylenes is 1. The Bertz CT molecular complexity index is 735. The number of carbonyl (C=O) groups excluding carboxylic acids is 2. The molecule has 0 N–H and O–H groups in total. The topological polar surface area (TPSA) is 55.8 Å². The molecule has 0 aromatic heterocycles. The number of nitrogens with zero attached hydrogens (tertiary/aromatic N) is 1. The summed E-state index contributed by atoms with van der Waals surface area (Å²) in [5.41, 5.74) is 0.837. The third kappa shape index (κ3) is 5.35. The van der Waals surface area contributed by atoms with Gasteiger partial charge in [0.2, 0.25) is 0 Å². The van der Waals surface area contributed by atoms with Crippen molar-refractivity contribution in [1.29, 1.82) is 0 Å². The van der Waals surface area contributed by atoms with Gasteiger partial charge in [-0.2, -0.15) is 0 Å². The highest BCUT2D eigenvalue weighted by Crippen LogP contribution is 2.34. The zero-order valence-electron chi connectivity index (χ0n) is 13.4. The van der Waals surface area contributed by atoms with Gasteiger partial charge in [0.1, 0.15) is 12.4 Å². The standard InChI is InChI=1S/C17H15I2NO4S/c1-3-6-24-15-12(18)8-11(9-13(15)19)10-14-16(21)20(17(22)25-14)5-4-7-23-2/h1,8-10H,4-7H2,2H3/b14-10+. The molecule has 2 rings (SSSR count). The Hall–Kier alpha value is -0.770. The summed E-state index contributed by atoms with van der Waals surface area (Å²) in [5, 5.41) is -0.245. The van der Waals surface area contributed by atoms with Gasteiger partial charge in [0.25, 0.3) is 11.1 Å². The van der Waals surface area contributed by atoms with Gasteiger partial charge in [0, 0.05) is 20.3 Å². The van der Waals surface area contributed by atoms with E-state index in [2.05, 4.69) is 51.1 Å². The van der Waals surface area contributed by atoms with Crippen LogP contribution in [0.15, 0.2) is 17.0 Å². The molecule has 0 saturated carbocycles. The van der Waals surface area contributed by atoms with Crippen LogP contribution in [0, 0.1) is 19.5 Å². The number of carbonyl (C=O) groups is 2. The summed E-state index contributed by atoms with van der Waals surface area (Å²) in [6, 6.07) is 3.79. The third-order valence-corrected chi connectivity index (χ3v) is 5.73. The van der Waals surface area contributed by atoms with Crippen molar-refractivity contribution in [2.75, 3.05) is 26.9 Å². The van der Waals surface area contributed by atoms with Crippen LogP contribution >= 0.6 is 56.9 Å². The van der Waals surface area contributed by atoms with Crippen molar-refractivity contribution in [3.8, 4) is 18.1 Å². The molecule has 2 amide bonds. The van der Waals surface area contributed by atoms with E-state index in [-0.39, 0.29) is 17.8 Å². The molecule has 132 valence electrons. The van der Waals surface area contributed by atoms with Gasteiger partial charge in [-0.3, -0.25) is 14.5 Å². The second-order valence-electron chi connectivity index (χ2n) is 4.99. The maximum absolute atomic E-state index is 12.4. The van der Waals surface area contributed by atoms with E-state index in [1.807, 2.05) is 12.1 Å². The van der Waals surface area contributed by atoms with E-state index in [0.29, 0.717) is 24.5 Å². The Morgan fingerprint density at radius 3 is 2.60 bits per heavy atom. The minimum Gasteiger partial charge on any atom is -0.479 e. The first-order valence-electron chi connectivity index (χ1n) is 7.27. The molecule has 0 aliphatic carbocycles. The van der Waals surface area contributed by atoms with Gasteiger partial charge in [-0.1, -0.05) is 5.92 Å². The first-order chi connectivity index (χ1) is 12.0. The molecular formula is C17H15I2NO4S. The number of hydrogen-bond donors (Lipinski definition) is 0. The van der Waals surface area contributed by atoms with Crippen LogP contribution < -0.4 is 4.74 Å². The number of rotatable bonds is 7. The molecule has 1 saturated heterocycles. The Balaban J connectivity index is 2.19. The number of imide groups is 1. The Kier molecular flexibility index (Phi) is 8.05. The molecule has 1 aliphatic heterocycles. The molecule has 5 nitrogen and oxygen atoms in total. The molecule has 1 fully saturated rings. The van der Waals surface area contributed by atoms with Crippen molar-refractivity contribution in [3.05, 3.63) is 29.7 Å². The number of hydrogen-bond acceptors (Lipinski definition) is 5. The van der Waals surface area contributed by atoms with E-state index in [9.17, 15) is 9.59 Å². The predicted octanol–water partition coefficient (Wildman–Crippen LogP) is 3.98. The number of amides is 2. The average molecular weight is 583 g/mol. The SMILES string of the molecule is C#CCOc1c(I)cc(/C=C2/SC(=O)N(CCCOC)C2=O)cc1I. The van der Waals surface area contributed by atoms with Crippen molar-refractivity contribution in [1.82, 2.24) is 4.90 Å². The monoisotopic (exact) mass is 583 g/mol. The zero-order valence-corrected chi connectivity index (χ0v) is 18.5. The van der Waals surface area contributed by atoms with E-state index in [0.717, 1.165) is 30.2 Å². The molecule has 25 heavy (non-hydrogen) atoms. The smallest absolute Gasteiger partial charge is 0.293 e. The lowest BCUT2D eigenvalue weighted by Crippen LogP contribution is -2.29. The number of benzene rings is 1. The van der Waals surface area contributed by atoms with Gasteiger partial charge < -0.3 is 9.47 Å².